The average Bonchev–Trinajstić information content (AvgIpc) is 2.94. The zero-order valence-electron chi connectivity index (χ0n) is 10.7. The van der Waals surface area contributed by atoms with Gasteiger partial charge in [0.25, 0.3) is 0 Å². The van der Waals surface area contributed by atoms with E-state index in [-0.39, 0.29) is 0 Å². The van der Waals surface area contributed by atoms with Crippen LogP contribution in [0.5, 0.6) is 0 Å². The first kappa shape index (κ1) is 12.2. The van der Waals surface area contributed by atoms with Gasteiger partial charge < -0.3 is 10.1 Å². The largest absolute Gasteiger partial charge is 0.478 e. The summed E-state index contributed by atoms with van der Waals surface area (Å²) >= 11 is 0. The van der Waals surface area contributed by atoms with Crippen LogP contribution in [0.4, 0.5) is 0 Å². The van der Waals surface area contributed by atoms with Gasteiger partial charge in [-0.3, -0.25) is 0 Å². The van der Waals surface area contributed by atoms with Crippen LogP contribution in [0.25, 0.3) is 22.6 Å². The lowest BCUT2D eigenvalue weighted by molar-refractivity contribution is -0.130. The molecule has 1 heterocycles. The van der Waals surface area contributed by atoms with Crippen LogP contribution in [0.3, 0.4) is 0 Å². The van der Waals surface area contributed by atoms with Gasteiger partial charge in [0.05, 0.1) is 5.57 Å². The summed E-state index contributed by atoms with van der Waals surface area (Å²) in [5.41, 5.74) is 2.88. The van der Waals surface area contributed by atoms with E-state index in [0.29, 0.717) is 11.1 Å². The lowest BCUT2D eigenvalue weighted by atomic mass is 10.0. The number of rotatable bonds is 3. The minimum absolute atomic E-state index is 0.291. The summed E-state index contributed by atoms with van der Waals surface area (Å²) in [7, 11) is 0. The van der Waals surface area contributed by atoms with Gasteiger partial charge in [-0.25, -0.2) is 4.79 Å². The van der Waals surface area contributed by atoms with E-state index in [1.807, 2.05) is 48.7 Å². The summed E-state index contributed by atoms with van der Waals surface area (Å²) in [6.07, 6.45) is 3.57. The van der Waals surface area contributed by atoms with E-state index in [2.05, 4.69) is 4.98 Å². The monoisotopic (exact) mass is 263 g/mol. The summed E-state index contributed by atoms with van der Waals surface area (Å²) in [6.45, 7) is 0. The molecule has 20 heavy (non-hydrogen) atoms. The maximum Gasteiger partial charge on any atom is 0.336 e. The molecule has 0 aliphatic heterocycles. The first-order valence-electron chi connectivity index (χ1n) is 6.32. The Kier molecular flexibility index (Phi) is 3.09. The Bertz CT molecular complexity index is 785. The van der Waals surface area contributed by atoms with Crippen LogP contribution in [0.1, 0.15) is 11.1 Å². The molecule has 1 aromatic heterocycles. The highest BCUT2D eigenvalue weighted by Crippen LogP contribution is 2.24. The van der Waals surface area contributed by atoms with Crippen molar-refractivity contribution in [2.45, 2.75) is 0 Å². The SMILES string of the molecule is O=C(O)C(=Cc1cccc2[nH]ccc12)c1ccccc1. The average molecular weight is 263 g/mol. The number of aliphatic carboxylic acids is 1. The normalized spacial score (nSPS) is 11.7. The molecular weight excluding hydrogens is 250 g/mol. The third-order valence-electron chi connectivity index (χ3n) is 3.24. The molecule has 0 atom stereocenters. The van der Waals surface area contributed by atoms with Crippen molar-refractivity contribution in [2.75, 3.05) is 0 Å². The third-order valence-corrected chi connectivity index (χ3v) is 3.24. The van der Waals surface area contributed by atoms with E-state index in [4.69, 9.17) is 0 Å². The molecule has 0 unspecified atom stereocenters. The zero-order chi connectivity index (χ0) is 13.9. The Morgan fingerprint density at radius 2 is 1.80 bits per heavy atom. The number of carboxylic acids is 1. The van der Waals surface area contributed by atoms with Crippen molar-refractivity contribution in [1.82, 2.24) is 4.98 Å². The van der Waals surface area contributed by atoms with Gasteiger partial charge in [0.15, 0.2) is 0 Å². The molecular formula is C17H13NO2. The maximum atomic E-state index is 11.5. The number of benzene rings is 2. The number of nitrogens with one attached hydrogen (secondary N) is 1. The van der Waals surface area contributed by atoms with E-state index in [9.17, 15) is 9.90 Å². The van der Waals surface area contributed by atoms with Crippen LogP contribution >= 0.6 is 0 Å². The van der Waals surface area contributed by atoms with Crippen LogP contribution < -0.4 is 0 Å². The number of aromatic nitrogens is 1. The van der Waals surface area contributed by atoms with E-state index in [1.54, 1.807) is 18.2 Å². The van der Waals surface area contributed by atoms with Crippen LogP contribution in [-0.2, 0) is 4.79 Å². The standard InChI is InChI=1S/C17H13NO2/c19-17(20)15(12-5-2-1-3-6-12)11-13-7-4-8-16-14(13)9-10-18-16/h1-11,18H,(H,19,20). The van der Waals surface area contributed by atoms with Gasteiger partial charge in [0, 0.05) is 17.1 Å². The van der Waals surface area contributed by atoms with E-state index in [1.165, 1.54) is 0 Å². The second-order valence-corrected chi connectivity index (χ2v) is 4.52. The Balaban J connectivity index is 2.17. The molecule has 98 valence electrons. The van der Waals surface area contributed by atoms with Crippen LogP contribution in [0.15, 0.2) is 60.8 Å². The molecule has 3 aromatic rings. The van der Waals surface area contributed by atoms with E-state index in [0.717, 1.165) is 16.5 Å². The smallest absolute Gasteiger partial charge is 0.336 e. The van der Waals surface area contributed by atoms with Crippen molar-refractivity contribution in [3.8, 4) is 0 Å². The first-order chi connectivity index (χ1) is 9.75. The summed E-state index contributed by atoms with van der Waals surface area (Å²) in [4.78, 5) is 14.6. The van der Waals surface area contributed by atoms with Gasteiger partial charge in [0.1, 0.15) is 0 Å². The molecule has 0 radical (unpaired) electrons. The minimum atomic E-state index is -0.927. The van der Waals surface area contributed by atoms with Crippen molar-refractivity contribution in [2.24, 2.45) is 0 Å². The molecule has 2 N–H and O–H groups in total. The first-order valence-corrected chi connectivity index (χ1v) is 6.32. The molecule has 0 bridgehead atoms. The highest BCUT2D eigenvalue weighted by atomic mass is 16.4. The molecule has 3 nitrogen and oxygen atoms in total. The number of carbonyl (C=O) groups is 1. The molecule has 0 fully saturated rings. The number of fused-ring (bicyclic) bond motifs is 1. The molecule has 0 amide bonds. The Morgan fingerprint density at radius 1 is 1.00 bits per heavy atom. The predicted molar refractivity (Wildman–Crippen MR) is 80.2 cm³/mol. The van der Waals surface area contributed by atoms with Crippen molar-refractivity contribution < 1.29 is 9.90 Å². The fraction of sp³-hybridized carbons (Fsp3) is 0. The Labute approximate surface area is 116 Å². The van der Waals surface area contributed by atoms with E-state index < -0.39 is 5.97 Å². The van der Waals surface area contributed by atoms with Gasteiger partial charge in [-0.1, -0.05) is 42.5 Å². The summed E-state index contributed by atoms with van der Waals surface area (Å²) in [5.74, 6) is -0.927. The number of aromatic amines is 1. The van der Waals surface area contributed by atoms with Crippen molar-refractivity contribution >= 4 is 28.5 Å². The number of carboxylic acid groups (broad SMARTS) is 1. The molecule has 0 aliphatic rings. The fourth-order valence-corrected chi connectivity index (χ4v) is 2.28. The Hall–Kier alpha value is -2.81. The molecule has 0 aliphatic carbocycles. The Morgan fingerprint density at radius 3 is 2.55 bits per heavy atom. The topological polar surface area (TPSA) is 53.1 Å². The van der Waals surface area contributed by atoms with Crippen LogP contribution in [-0.4, -0.2) is 16.1 Å². The van der Waals surface area contributed by atoms with Gasteiger partial charge in [0.2, 0.25) is 0 Å². The second-order valence-electron chi connectivity index (χ2n) is 4.52. The number of H-pyrrole nitrogens is 1. The highest BCUT2D eigenvalue weighted by Gasteiger charge is 2.11. The molecule has 0 spiro atoms. The number of hydrogen-bond donors (Lipinski definition) is 2. The fourth-order valence-electron chi connectivity index (χ4n) is 2.28. The summed E-state index contributed by atoms with van der Waals surface area (Å²) < 4.78 is 0. The van der Waals surface area contributed by atoms with Gasteiger partial charge in [-0.05, 0) is 29.3 Å². The van der Waals surface area contributed by atoms with Crippen molar-refractivity contribution in [3.05, 3.63) is 71.9 Å². The molecule has 3 heteroatoms. The lowest BCUT2D eigenvalue weighted by Crippen LogP contribution is -1.99. The summed E-state index contributed by atoms with van der Waals surface area (Å²) in [6, 6.07) is 16.9. The van der Waals surface area contributed by atoms with Crippen LogP contribution in [0, 0.1) is 0 Å². The molecule has 0 saturated heterocycles. The van der Waals surface area contributed by atoms with Gasteiger partial charge in [-0.15, -0.1) is 0 Å². The predicted octanol–water partition coefficient (Wildman–Crippen LogP) is 3.79. The molecule has 2 aromatic carbocycles. The summed E-state index contributed by atoms with van der Waals surface area (Å²) in [5, 5.41) is 10.5. The van der Waals surface area contributed by atoms with Crippen molar-refractivity contribution in [1.29, 1.82) is 0 Å². The maximum absolute atomic E-state index is 11.5. The second kappa shape index (κ2) is 5.05. The van der Waals surface area contributed by atoms with Crippen LogP contribution in [0.2, 0.25) is 0 Å². The zero-order valence-corrected chi connectivity index (χ0v) is 10.7. The highest BCUT2D eigenvalue weighted by molar-refractivity contribution is 6.21. The quantitative estimate of drug-likeness (QED) is 0.558. The lowest BCUT2D eigenvalue weighted by Gasteiger charge is -2.04. The minimum Gasteiger partial charge on any atom is -0.478 e. The third kappa shape index (κ3) is 2.21. The number of hydrogen-bond acceptors (Lipinski definition) is 1. The van der Waals surface area contributed by atoms with Crippen molar-refractivity contribution in [3.63, 3.8) is 0 Å². The van der Waals surface area contributed by atoms with Gasteiger partial charge >= 0.3 is 5.97 Å². The van der Waals surface area contributed by atoms with E-state index >= 15 is 0 Å². The molecule has 0 saturated carbocycles. The van der Waals surface area contributed by atoms with Gasteiger partial charge in [-0.2, -0.15) is 0 Å². The molecule has 3 rings (SSSR count).